The first-order valence-corrected chi connectivity index (χ1v) is 14.9. The Morgan fingerprint density at radius 2 is 1.85 bits per heavy atom. The second kappa shape index (κ2) is 13.7. The van der Waals surface area contributed by atoms with Crippen LogP contribution < -0.4 is 25.6 Å². The predicted molar refractivity (Wildman–Crippen MR) is 166 cm³/mol. The average molecular weight is 637 g/mol. The first kappa shape index (κ1) is 31.2. The number of hydrogen-bond donors (Lipinski definition) is 0. The van der Waals surface area contributed by atoms with Gasteiger partial charge in [0.25, 0.3) is 5.56 Å². The van der Waals surface area contributed by atoms with Crippen molar-refractivity contribution >= 4 is 22.2 Å². The fraction of sp³-hybridized carbons (Fsp3) is 0.375. The van der Waals surface area contributed by atoms with E-state index in [0.29, 0.717) is 66.5 Å². The lowest BCUT2D eigenvalue weighted by molar-refractivity contribution is -0.155. The minimum Gasteiger partial charge on any atom is -0.493 e. The Kier molecular flexibility index (Phi) is 9.26. The van der Waals surface area contributed by atoms with E-state index in [-0.39, 0.29) is 30.8 Å². The van der Waals surface area contributed by atoms with Crippen LogP contribution in [0.15, 0.2) is 70.4 Å². The van der Waals surface area contributed by atoms with Crippen LogP contribution in [-0.4, -0.2) is 77.0 Å². The molecule has 2 aromatic carbocycles. The molecule has 14 heteroatoms. The van der Waals surface area contributed by atoms with Crippen molar-refractivity contribution in [2.24, 2.45) is 0 Å². The molecule has 0 N–H and O–H groups in total. The third-order valence-corrected chi connectivity index (χ3v) is 8.04. The Bertz CT molecular complexity index is 1960. The number of methoxy groups -OCH3 is 2. The van der Waals surface area contributed by atoms with Crippen molar-refractivity contribution in [3.63, 3.8) is 0 Å². The smallest absolute Gasteiger partial charge is 0.350 e. The number of halogens is 2. The Hall–Kier alpha value is -4.82. The normalized spacial score (nSPS) is 15.2. The summed E-state index contributed by atoms with van der Waals surface area (Å²) >= 11 is 0. The number of ether oxygens (including phenoxy) is 4. The van der Waals surface area contributed by atoms with Gasteiger partial charge in [0.15, 0.2) is 17.1 Å². The number of pyridine rings is 1. The molecule has 0 amide bonds. The number of benzene rings is 2. The molecule has 242 valence electrons. The van der Waals surface area contributed by atoms with Crippen molar-refractivity contribution in [2.75, 3.05) is 45.4 Å². The molecule has 0 bridgehead atoms. The summed E-state index contributed by atoms with van der Waals surface area (Å²) in [7, 11) is 3.14. The van der Waals surface area contributed by atoms with Crippen LogP contribution in [0.3, 0.4) is 0 Å². The molecule has 0 aliphatic carbocycles. The maximum absolute atomic E-state index is 14.0. The first-order chi connectivity index (χ1) is 22.3. The van der Waals surface area contributed by atoms with Gasteiger partial charge in [-0.3, -0.25) is 13.8 Å². The van der Waals surface area contributed by atoms with Crippen LogP contribution in [0.4, 0.5) is 14.5 Å². The molecule has 1 fully saturated rings. The SMILES string of the molecule is COc1ccc(CCn2c(CCn3nc4ccccn4c3=O)nc3cc(N4CCO[C@@H](COC(F)F)C4)ccc3c2=O)cc1OC. The third-order valence-electron chi connectivity index (χ3n) is 8.04. The van der Waals surface area contributed by atoms with Crippen molar-refractivity contribution < 1.29 is 27.7 Å². The lowest BCUT2D eigenvalue weighted by Crippen LogP contribution is -2.44. The zero-order valence-electron chi connectivity index (χ0n) is 25.5. The summed E-state index contributed by atoms with van der Waals surface area (Å²) in [4.78, 5) is 33.9. The van der Waals surface area contributed by atoms with E-state index in [9.17, 15) is 18.4 Å². The van der Waals surface area contributed by atoms with Gasteiger partial charge in [0.05, 0.1) is 51.0 Å². The molecule has 3 aromatic heterocycles. The Morgan fingerprint density at radius 3 is 2.63 bits per heavy atom. The molecule has 12 nitrogen and oxygen atoms in total. The van der Waals surface area contributed by atoms with E-state index in [0.717, 1.165) is 11.3 Å². The predicted octanol–water partition coefficient (Wildman–Crippen LogP) is 3.15. The first-order valence-electron chi connectivity index (χ1n) is 14.9. The molecule has 4 heterocycles. The highest BCUT2D eigenvalue weighted by atomic mass is 19.3. The number of anilines is 1. The number of fused-ring (bicyclic) bond motifs is 2. The monoisotopic (exact) mass is 636 g/mol. The van der Waals surface area contributed by atoms with Crippen molar-refractivity contribution in [2.45, 2.75) is 38.6 Å². The van der Waals surface area contributed by atoms with Crippen LogP contribution in [0.5, 0.6) is 11.5 Å². The molecule has 0 unspecified atom stereocenters. The largest absolute Gasteiger partial charge is 0.493 e. The summed E-state index contributed by atoms with van der Waals surface area (Å²) in [5, 5.41) is 4.87. The third kappa shape index (κ3) is 6.58. The van der Waals surface area contributed by atoms with Crippen LogP contribution in [0.25, 0.3) is 16.6 Å². The molecular weight excluding hydrogens is 602 g/mol. The van der Waals surface area contributed by atoms with Gasteiger partial charge < -0.3 is 23.8 Å². The van der Waals surface area contributed by atoms with Gasteiger partial charge in [0, 0.05) is 37.9 Å². The number of hydrogen-bond acceptors (Lipinski definition) is 9. The van der Waals surface area contributed by atoms with Gasteiger partial charge in [0.2, 0.25) is 0 Å². The fourth-order valence-electron chi connectivity index (χ4n) is 5.71. The molecule has 0 spiro atoms. The Labute approximate surface area is 262 Å². The average Bonchev–Trinajstić information content (AvgIpc) is 3.40. The summed E-state index contributed by atoms with van der Waals surface area (Å²) in [5.41, 5.74) is 2.26. The van der Waals surface area contributed by atoms with Crippen LogP contribution in [0.1, 0.15) is 11.4 Å². The molecule has 1 aliphatic rings. The van der Waals surface area contributed by atoms with Gasteiger partial charge in [-0.25, -0.2) is 14.5 Å². The van der Waals surface area contributed by atoms with Crippen molar-refractivity contribution in [1.82, 2.24) is 23.7 Å². The van der Waals surface area contributed by atoms with E-state index in [1.807, 2.05) is 41.3 Å². The molecule has 0 radical (unpaired) electrons. The quantitative estimate of drug-likeness (QED) is 0.204. The van der Waals surface area contributed by atoms with E-state index in [4.69, 9.17) is 19.2 Å². The minimum atomic E-state index is -2.87. The van der Waals surface area contributed by atoms with Gasteiger partial charge in [-0.05, 0) is 54.4 Å². The summed E-state index contributed by atoms with van der Waals surface area (Å²) in [5.74, 6) is 1.71. The molecule has 1 atom stereocenters. The van der Waals surface area contributed by atoms with Gasteiger partial charge in [-0.2, -0.15) is 8.78 Å². The summed E-state index contributed by atoms with van der Waals surface area (Å²) in [6, 6.07) is 16.3. The van der Waals surface area contributed by atoms with E-state index in [1.165, 1.54) is 9.08 Å². The van der Waals surface area contributed by atoms with Crippen LogP contribution >= 0.6 is 0 Å². The maximum atomic E-state index is 14.0. The number of morpholine rings is 1. The molecule has 0 saturated carbocycles. The van der Waals surface area contributed by atoms with E-state index in [2.05, 4.69) is 9.84 Å². The summed E-state index contributed by atoms with van der Waals surface area (Å²) in [6.07, 6.45) is 1.93. The molecule has 5 aromatic rings. The van der Waals surface area contributed by atoms with E-state index in [1.54, 1.807) is 43.2 Å². The summed E-state index contributed by atoms with van der Waals surface area (Å²) < 4.78 is 50.5. The van der Waals surface area contributed by atoms with Gasteiger partial charge >= 0.3 is 12.3 Å². The highest BCUT2D eigenvalue weighted by Crippen LogP contribution is 2.28. The van der Waals surface area contributed by atoms with Crippen LogP contribution in [-0.2, 0) is 35.4 Å². The second-order valence-electron chi connectivity index (χ2n) is 10.8. The van der Waals surface area contributed by atoms with E-state index >= 15 is 0 Å². The van der Waals surface area contributed by atoms with Gasteiger partial charge in [-0.15, -0.1) is 5.10 Å². The number of aryl methyl sites for hydroxylation is 3. The lowest BCUT2D eigenvalue weighted by Gasteiger charge is -2.34. The van der Waals surface area contributed by atoms with Crippen LogP contribution in [0.2, 0.25) is 0 Å². The number of alkyl halides is 2. The highest BCUT2D eigenvalue weighted by Gasteiger charge is 2.23. The molecule has 6 rings (SSSR count). The molecule has 1 aliphatic heterocycles. The van der Waals surface area contributed by atoms with Gasteiger partial charge in [-0.1, -0.05) is 12.1 Å². The van der Waals surface area contributed by atoms with Crippen LogP contribution in [0, 0.1) is 0 Å². The Morgan fingerprint density at radius 1 is 1.00 bits per heavy atom. The number of nitrogens with zero attached hydrogens (tertiary/aromatic N) is 6. The number of rotatable bonds is 12. The second-order valence-corrected chi connectivity index (χ2v) is 10.8. The fourth-order valence-corrected chi connectivity index (χ4v) is 5.71. The molecule has 46 heavy (non-hydrogen) atoms. The zero-order chi connectivity index (χ0) is 32.2. The van der Waals surface area contributed by atoms with Gasteiger partial charge in [0.1, 0.15) is 5.82 Å². The highest BCUT2D eigenvalue weighted by molar-refractivity contribution is 5.81. The Balaban J connectivity index is 1.32. The standard InChI is InChI=1S/C32H34F2N6O6/c1-43-26-9-6-21(17-27(26)44-2)10-13-38-28(11-14-40-32(42)39-12-4-3-5-29(39)36-40)35-25-18-22(7-8-24(25)30(38)41)37-15-16-45-23(19-37)20-46-31(33)34/h3-9,12,17-18,23,31H,10-11,13-16,19-20H2,1-2H3/t23-/m1/s1. The van der Waals surface area contributed by atoms with Crippen molar-refractivity contribution in [3.05, 3.63) is 93.0 Å². The number of aromatic nitrogens is 5. The van der Waals surface area contributed by atoms with Crippen molar-refractivity contribution in [1.29, 1.82) is 0 Å². The molecular formula is C32H34F2N6O6. The van der Waals surface area contributed by atoms with E-state index < -0.39 is 12.7 Å². The van der Waals surface area contributed by atoms with Crippen molar-refractivity contribution in [3.8, 4) is 11.5 Å². The summed E-state index contributed by atoms with van der Waals surface area (Å²) in [6.45, 7) is -1.30. The lowest BCUT2D eigenvalue weighted by atomic mass is 10.1. The maximum Gasteiger partial charge on any atom is 0.350 e. The topological polar surface area (TPSA) is 114 Å². The molecule has 1 saturated heterocycles. The zero-order valence-corrected chi connectivity index (χ0v) is 25.5. The minimum absolute atomic E-state index is 0.209.